The number of methoxy groups -OCH3 is 1. The molecular formula is C18H22N2O5. The summed E-state index contributed by atoms with van der Waals surface area (Å²) in [5, 5.41) is 16.1. The van der Waals surface area contributed by atoms with E-state index in [4.69, 9.17) is 9.26 Å². The first-order valence-corrected chi connectivity index (χ1v) is 8.00. The average Bonchev–Trinajstić information content (AvgIpc) is 2.99. The number of carbonyl (C=O) groups is 2. The van der Waals surface area contributed by atoms with Gasteiger partial charge in [-0.15, -0.1) is 0 Å². The number of aromatic nitrogens is 1. The number of aromatic carboxylic acids is 1. The number of hydrogen-bond acceptors (Lipinski definition) is 5. The van der Waals surface area contributed by atoms with Crippen molar-refractivity contribution in [2.24, 2.45) is 5.92 Å². The Balaban J connectivity index is 2.38. The van der Waals surface area contributed by atoms with Crippen LogP contribution in [0.25, 0.3) is 11.3 Å². The van der Waals surface area contributed by atoms with E-state index in [9.17, 15) is 14.7 Å². The molecule has 1 amide bonds. The molecule has 0 aliphatic heterocycles. The summed E-state index contributed by atoms with van der Waals surface area (Å²) in [6.45, 7) is 5.59. The van der Waals surface area contributed by atoms with Crippen LogP contribution in [0.1, 0.15) is 49.4 Å². The van der Waals surface area contributed by atoms with Crippen molar-refractivity contribution >= 4 is 11.9 Å². The minimum absolute atomic E-state index is 0.152. The van der Waals surface area contributed by atoms with Gasteiger partial charge in [-0.3, -0.25) is 4.79 Å². The van der Waals surface area contributed by atoms with Crippen LogP contribution < -0.4 is 10.1 Å². The fourth-order valence-electron chi connectivity index (χ4n) is 2.55. The molecule has 1 aromatic heterocycles. The van der Waals surface area contributed by atoms with Crippen LogP contribution in [0.5, 0.6) is 5.75 Å². The summed E-state index contributed by atoms with van der Waals surface area (Å²) < 4.78 is 10.1. The molecule has 2 rings (SSSR count). The summed E-state index contributed by atoms with van der Waals surface area (Å²) in [7, 11) is 1.56. The van der Waals surface area contributed by atoms with Gasteiger partial charge in [-0.05, 0) is 37.1 Å². The molecule has 25 heavy (non-hydrogen) atoms. The second-order valence-electron chi connectivity index (χ2n) is 6.19. The maximum Gasteiger partial charge on any atom is 0.375 e. The van der Waals surface area contributed by atoms with Crippen molar-refractivity contribution in [1.82, 2.24) is 10.5 Å². The van der Waals surface area contributed by atoms with E-state index in [1.165, 1.54) is 0 Å². The highest BCUT2D eigenvalue weighted by Crippen LogP contribution is 2.31. The van der Waals surface area contributed by atoms with Gasteiger partial charge < -0.3 is 19.7 Å². The highest BCUT2D eigenvalue weighted by atomic mass is 16.5. The lowest BCUT2D eigenvalue weighted by Crippen LogP contribution is -2.28. The van der Waals surface area contributed by atoms with Crippen molar-refractivity contribution in [3.05, 3.63) is 35.6 Å². The number of hydrogen-bond donors (Lipinski definition) is 2. The molecule has 0 aliphatic rings. The summed E-state index contributed by atoms with van der Waals surface area (Å²) in [5.74, 6) is -0.781. The van der Waals surface area contributed by atoms with Gasteiger partial charge in [0.2, 0.25) is 11.7 Å². The summed E-state index contributed by atoms with van der Waals surface area (Å²) in [5.41, 5.74) is 1.41. The Kier molecular flexibility index (Phi) is 5.80. The Bertz CT molecular complexity index is 749. The summed E-state index contributed by atoms with van der Waals surface area (Å²) in [4.78, 5) is 23.5. The lowest BCUT2D eigenvalue weighted by atomic mass is 10.00. The summed E-state index contributed by atoms with van der Waals surface area (Å²) in [6, 6.07) is 6.45. The Hall–Kier alpha value is -2.83. The third-order valence-electron chi connectivity index (χ3n) is 3.69. The van der Waals surface area contributed by atoms with Crippen molar-refractivity contribution in [2.45, 2.75) is 33.2 Å². The zero-order valence-corrected chi connectivity index (χ0v) is 14.7. The quantitative estimate of drug-likeness (QED) is 0.798. The van der Waals surface area contributed by atoms with Crippen LogP contribution in [0.3, 0.4) is 0 Å². The highest BCUT2D eigenvalue weighted by Gasteiger charge is 2.28. The first-order valence-electron chi connectivity index (χ1n) is 8.00. The van der Waals surface area contributed by atoms with Crippen molar-refractivity contribution in [1.29, 1.82) is 0 Å². The van der Waals surface area contributed by atoms with Crippen LogP contribution in [0, 0.1) is 5.92 Å². The van der Waals surface area contributed by atoms with Gasteiger partial charge in [0, 0.05) is 12.0 Å². The van der Waals surface area contributed by atoms with E-state index in [0.717, 1.165) is 0 Å². The smallest absolute Gasteiger partial charge is 0.375 e. The van der Waals surface area contributed by atoms with Crippen LogP contribution in [-0.2, 0) is 4.79 Å². The number of nitrogens with zero attached hydrogens (tertiary/aromatic N) is 1. The molecule has 2 aromatic rings. The van der Waals surface area contributed by atoms with Crippen LogP contribution in [0.2, 0.25) is 0 Å². The number of ether oxygens (including phenoxy) is 1. The number of carbonyl (C=O) groups excluding carboxylic acids is 1. The van der Waals surface area contributed by atoms with Gasteiger partial charge in [0.25, 0.3) is 0 Å². The maximum atomic E-state index is 12.0. The Morgan fingerprint density at radius 2 is 1.88 bits per heavy atom. The molecule has 0 radical (unpaired) electrons. The van der Waals surface area contributed by atoms with Crippen molar-refractivity contribution in [2.75, 3.05) is 7.11 Å². The molecule has 1 unspecified atom stereocenters. The third kappa shape index (κ3) is 4.37. The standard InChI is InChI=1S/C18H22N2O5/c1-10(2)9-14(21)19-11(3)15-16(20-25-17(15)18(22)23)12-5-7-13(24-4)8-6-12/h5-8,10-11H,9H2,1-4H3,(H,19,21)(H,22,23). The number of carboxylic acid groups (broad SMARTS) is 1. The maximum absolute atomic E-state index is 12.0. The van der Waals surface area contributed by atoms with E-state index in [1.807, 2.05) is 13.8 Å². The van der Waals surface area contributed by atoms with Crippen molar-refractivity contribution < 1.29 is 24.0 Å². The van der Waals surface area contributed by atoms with Gasteiger partial charge in [0.15, 0.2) is 0 Å². The van der Waals surface area contributed by atoms with E-state index in [-0.39, 0.29) is 17.6 Å². The number of amides is 1. The molecule has 0 fully saturated rings. The minimum Gasteiger partial charge on any atom is -0.497 e. The Morgan fingerprint density at radius 3 is 2.40 bits per heavy atom. The van der Waals surface area contributed by atoms with E-state index in [1.54, 1.807) is 38.3 Å². The van der Waals surface area contributed by atoms with E-state index in [2.05, 4.69) is 10.5 Å². The van der Waals surface area contributed by atoms with Gasteiger partial charge >= 0.3 is 5.97 Å². The first kappa shape index (κ1) is 18.5. The van der Waals surface area contributed by atoms with Gasteiger partial charge in [-0.1, -0.05) is 19.0 Å². The van der Waals surface area contributed by atoms with E-state index in [0.29, 0.717) is 29.0 Å². The molecule has 1 aromatic carbocycles. The van der Waals surface area contributed by atoms with Crippen LogP contribution in [-0.4, -0.2) is 29.2 Å². The topological polar surface area (TPSA) is 102 Å². The predicted molar refractivity (Wildman–Crippen MR) is 91.5 cm³/mol. The second kappa shape index (κ2) is 7.83. The van der Waals surface area contributed by atoms with Crippen molar-refractivity contribution in [3.63, 3.8) is 0 Å². The number of rotatable bonds is 7. The molecule has 1 atom stereocenters. The zero-order valence-electron chi connectivity index (χ0n) is 14.7. The predicted octanol–water partition coefficient (Wildman–Crippen LogP) is 3.27. The molecule has 0 aliphatic carbocycles. The Morgan fingerprint density at radius 1 is 1.24 bits per heavy atom. The molecule has 134 valence electrons. The summed E-state index contributed by atoms with van der Waals surface area (Å²) >= 11 is 0. The SMILES string of the molecule is COc1ccc(-c2noc(C(=O)O)c2C(C)NC(=O)CC(C)C)cc1. The van der Waals surface area contributed by atoms with Gasteiger partial charge in [0.1, 0.15) is 11.4 Å². The molecular weight excluding hydrogens is 324 g/mol. The minimum atomic E-state index is -1.23. The second-order valence-corrected chi connectivity index (χ2v) is 6.19. The molecule has 1 heterocycles. The molecule has 0 bridgehead atoms. The fourth-order valence-corrected chi connectivity index (χ4v) is 2.55. The normalized spacial score (nSPS) is 12.0. The lowest BCUT2D eigenvalue weighted by Gasteiger charge is -2.15. The number of carboxylic acids is 1. The van der Waals surface area contributed by atoms with Crippen molar-refractivity contribution in [3.8, 4) is 17.0 Å². The molecule has 0 saturated heterocycles. The molecule has 7 nitrogen and oxygen atoms in total. The number of nitrogens with one attached hydrogen (secondary N) is 1. The van der Waals surface area contributed by atoms with Crippen LogP contribution >= 0.6 is 0 Å². The fraction of sp³-hybridized carbons (Fsp3) is 0.389. The Labute approximate surface area is 146 Å². The molecule has 7 heteroatoms. The molecule has 0 saturated carbocycles. The monoisotopic (exact) mass is 346 g/mol. The van der Waals surface area contributed by atoms with E-state index < -0.39 is 12.0 Å². The molecule has 2 N–H and O–H groups in total. The molecule has 0 spiro atoms. The van der Waals surface area contributed by atoms with Gasteiger partial charge in [0.05, 0.1) is 18.7 Å². The van der Waals surface area contributed by atoms with Gasteiger partial charge in [-0.2, -0.15) is 0 Å². The van der Waals surface area contributed by atoms with Gasteiger partial charge in [-0.25, -0.2) is 4.79 Å². The van der Waals surface area contributed by atoms with Crippen LogP contribution in [0.15, 0.2) is 28.8 Å². The largest absolute Gasteiger partial charge is 0.497 e. The van der Waals surface area contributed by atoms with Crippen LogP contribution in [0.4, 0.5) is 0 Å². The number of benzene rings is 1. The highest BCUT2D eigenvalue weighted by molar-refractivity contribution is 5.89. The average molecular weight is 346 g/mol. The lowest BCUT2D eigenvalue weighted by molar-refractivity contribution is -0.122. The first-order chi connectivity index (χ1) is 11.8. The third-order valence-corrected chi connectivity index (χ3v) is 3.69. The zero-order chi connectivity index (χ0) is 18.6. The summed E-state index contributed by atoms with van der Waals surface area (Å²) in [6.07, 6.45) is 0.357. The van der Waals surface area contributed by atoms with E-state index >= 15 is 0 Å².